The molecule has 0 radical (unpaired) electrons. The molecule has 1 heterocycles. The molecule has 0 bridgehead atoms. The molecular weight excluding hydrogens is 272 g/mol. The second kappa shape index (κ2) is 7.50. The Morgan fingerprint density at radius 2 is 2.05 bits per heavy atom. The molecular formula is C15H20N2O2S. The normalized spacial score (nSPS) is 14.2. The zero-order valence-electron chi connectivity index (χ0n) is 11.5. The molecule has 3 N–H and O–H groups in total. The lowest BCUT2D eigenvalue weighted by Crippen LogP contribution is -2.33. The fourth-order valence-electron chi connectivity index (χ4n) is 1.94. The summed E-state index contributed by atoms with van der Waals surface area (Å²) in [6, 6.07) is 10.1. The highest BCUT2D eigenvalue weighted by Crippen LogP contribution is 2.19. The van der Waals surface area contributed by atoms with Crippen LogP contribution in [0.5, 0.6) is 0 Å². The first-order valence-electron chi connectivity index (χ1n) is 6.70. The molecule has 2 aromatic rings. The lowest BCUT2D eigenvalue weighted by Gasteiger charge is -2.15. The predicted octanol–water partition coefficient (Wildman–Crippen LogP) is 1.89. The van der Waals surface area contributed by atoms with Crippen LogP contribution in [-0.2, 0) is 13.0 Å². The zero-order valence-corrected chi connectivity index (χ0v) is 12.3. The Balaban J connectivity index is 1.87. The smallest absolute Gasteiger partial charge is 0.121 e. The summed E-state index contributed by atoms with van der Waals surface area (Å²) in [7, 11) is 0. The van der Waals surface area contributed by atoms with Crippen molar-refractivity contribution in [2.75, 3.05) is 6.61 Å². The Morgan fingerprint density at radius 3 is 2.65 bits per heavy atom. The highest BCUT2D eigenvalue weighted by Gasteiger charge is 2.10. The summed E-state index contributed by atoms with van der Waals surface area (Å²) in [5, 5.41) is 22.9. The molecule has 108 valence electrons. The third-order valence-corrected chi connectivity index (χ3v) is 4.21. The van der Waals surface area contributed by atoms with Gasteiger partial charge in [-0.1, -0.05) is 30.3 Å². The Kier molecular flexibility index (Phi) is 5.67. The molecule has 0 spiro atoms. The van der Waals surface area contributed by atoms with Crippen LogP contribution in [0.1, 0.15) is 28.5 Å². The highest BCUT2D eigenvalue weighted by molar-refractivity contribution is 7.11. The predicted molar refractivity (Wildman–Crippen MR) is 80.6 cm³/mol. The number of hydrogen-bond acceptors (Lipinski definition) is 5. The third-order valence-electron chi connectivity index (χ3n) is 3.04. The van der Waals surface area contributed by atoms with Crippen molar-refractivity contribution >= 4 is 11.3 Å². The van der Waals surface area contributed by atoms with Gasteiger partial charge in [-0.25, -0.2) is 4.98 Å². The number of rotatable bonds is 7. The van der Waals surface area contributed by atoms with Crippen molar-refractivity contribution in [3.05, 3.63) is 52.0 Å². The highest BCUT2D eigenvalue weighted by atomic mass is 32.1. The maximum Gasteiger partial charge on any atom is 0.121 e. The van der Waals surface area contributed by atoms with Gasteiger partial charge in [-0.15, -0.1) is 11.3 Å². The van der Waals surface area contributed by atoms with Gasteiger partial charge in [-0.2, -0.15) is 0 Å². The maximum atomic E-state index is 9.44. The van der Waals surface area contributed by atoms with Crippen LogP contribution in [0.2, 0.25) is 0 Å². The largest absolute Gasteiger partial charge is 0.395 e. The van der Waals surface area contributed by atoms with Gasteiger partial charge in [0.15, 0.2) is 0 Å². The summed E-state index contributed by atoms with van der Waals surface area (Å²) in [6.45, 7) is 2.46. The van der Waals surface area contributed by atoms with Crippen molar-refractivity contribution in [2.24, 2.45) is 0 Å². The average molecular weight is 292 g/mol. The number of nitrogens with one attached hydrogen (secondary N) is 1. The summed E-state index contributed by atoms with van der Waals surface area (Å²) >= 11 is 1.49. The van der Waals surface area contributed by atoms with E-state index in [0.29, 0.717) is 6.54 Å². The van der Waals surface area contributed by atoms with Gasteiger partial charge in [0.1, 0.15) is 11.1 Å². The Bertz CT molecular complexity index is 514. The summed E-state index contributed by atoms with van der Waals surface area (Å²) in [5.41, 5.74) is 1.20. The van der Waals surface area contributed by atoms with Crippen molar-refractivity contribution < 1.29 is 10.2 Å². The van der Waals surface area contributed by atoms with Crippen molar-refractivity contribution in [1.29, 1.82) is 0 Å². The van der Waals surface area contributed by atoms with E-state index in [1.807, 2.05) is 18.2 Å². The van der Waals surface area contributed by atoms with Gasteiger partial charge in [0.05, 0.1) is 6.61 Å². The molecule has 1 aromatic heterocycles. The summed E-state index contributed by atoms with van der Waals surface area (Å²) < 4.78 is 0. The van der Waals surface area contributed by atoms with Gasteiger partial charge in [-0.05, 0) is 18.9 Å². The molecule has 0 amide bonds. The number of aromatic nitrogens is 1. The molecule has 0 saturated heterocycles. The Morgan fingerprint density at radius 1 is 1.30 bits per heavy atom. The minimum absolute atomic E-state index is 0.0227. The van der Waals surface area contributed by atoms with E-state index in [1.54, 1.807) is 13.1 Å². The third kappa shape index (κ3) is 4.38. The fourth-order valence-corrected chi connectivity index (χ4v) is 2.75. The van der Waals surface area contributed by atoms with Crippen LogP contribution in [0.4, 0.5) is 0 Å². The van der Waals surface area contributed by atoms with Gasteiger partial charge in [0.25, 0.3) is 0 Å². The number of aliphatic hydroxyl groups is 2. The van der Waals surface area contributed by atoms with E-state index in [1.165, 1.54) is 16.9 Å². The molecule has 4 nitrogen and oxygen atoms in total. The van der Waals surface area contributed by atoms with E-state index < -0.39 is 6.10 Å². The van der Waals surface area contributed by atoms with E-state index in [4.69, 9.17) is 0 Å². The minimum atomic E-state index is -0.522. The molecule has 1 aromatic carbocycles. The number of nitrogens with zero attached hydrogens (tertiary/aromatic N) is 1. The fraction of sp³-hybridized carbons (Fsp3) is 0.400. The minimum Gasteiger partial charge on any atom is -0.395 e. The summed E-state index contributed by atoms with van der Waals surface area (Å²) in [5.74, 6) is 0. The standard InChI is InChI=1S/C15H20N2O2S/c1-11(19)15-17-9-14(20-15)8-16-13(10-18)7-12-5-3-2-4-6-12/h2-6,9,11,13,16,18-19H,7-8,10H2,1H3/t11-,13+/m0/s1. The van der Waals surface area contributed by atoms with E-state index in [2.05, 4.69) is 22.4 Å². The quantitative estimate of drug-likeness (QED) is 0.729. The van der Waals surface area contributed by atoms with E-state index in [-0.39, 0.29) is 12.6 Å². The van der Waals surface area contributed by atoms with Crippen LogP contribution in [0.25, 0.3) is 0 Å². The van der Waals surface area contributed by atoms with Gasteiger partial charge >= 0.3 is 0 Å². The van der Waals surface area contributed by atoms with Crippen LogP contribution < -0.4 is 5.32 Å². The molecule has 0 aliphatic heterocycles. The topological polar surface area (TPSA) is 65.4 Å². The van der Waals surface area contributed by atoms with E-state index in [0.717, 1.165) is 16.3 Å². The molecule has 0 saturated carbocycles. The number of hydrogen-bond donors (Lipinski definition) is 3. The molecule has 2 atom stereocenters. The van der Waals surface area contributed by atoms with Crippen molar-refractivity contribution in [3.63, 3.8) is 0 Å². The van der Waals surface area contributed by atoms with Crippen LogP contribution >= 0.6 is 11.3 Å². The monoisotopic (exact) mass is 292 g/mol. The van der Waals surface area contributed by atoms with E-state index in [9.17, 15) is 10.2 Å². The summed E-state index contributed by atoms with van der Waals surface area (Å²) in [4.78, 5) is 5.23. The summed E-state index contributed by atoms with van der Waals surface area (Å²) in [6.07, 6.45) is 2.04. The Hall–Kier alpha value is -1.27. The van der Waals surface area contributed by atoms with Crippen LogP contribution in [0.15, 0.2) is 36.5 Å². The van der Waals surface area contributed by atoms with Gasteiger partial charge in [0.2, 0.25) is 0 Å². The lowest BCUT2D eigenvalue weighted by molar-refractivity contribution is 0.199. The van der Waals surface area contributed by atoms with Crippen LogP contribution in [-0.4, -0.2) is 27.8 Å². The van der Waals surface area contributed by atoms with Crippen molar-refractivity contribution in [3.8, 4) is 0 Å². The Labute approximate surface area is 123 Å². The van der Waals surface area contributed by atoms with Crippen LogP contribution in [0.3, 0.4) is 0 Å². The second-order valence-corrected chi connectivity index (χ2v) is 5.94. The van der Waals surface area contributed by atoms with Crippen LogP contribution in [0, 0.1) is 0 Å². The first kappa shape index (κ1) is 15.1. The molecule has 0 unspecified atom stereocenters. The number of thiazole rings is 1. The SMILES string of the molecule is C[C@H](O)c1ncc(CN[C@@H](CO)Cc2ccccc2)s1. The van der Waals surface area contributed by atoms with Gasteiger partial charge < -0.3 is 15.5 Å². The molecule has 0 aliphatic rings. The average Bonchev–Trinajstić information content (AvgIpc) is 2.93. The molecule has 2 rings (SSSR count). The maximum absolute atomic E-state index is 9.44. The first-order chi connectivity index (χ1) is 9.69. The molecule has 0 fully saturated rings. The van der Waals surface area contributed by atoms with Crippen molar-refractivity contribution in [1.82, 2.24) is 10.3 Å². The number of benzene rings is 1. The van der Waals surface area contributed by atoms with E-state index >= 15 is 0 Å². The lowest BCUT2D eigenvalue weighted by atomic mass is 10.1. The first-order valence-corrected chi connectivity index (χ1v) is 7.51. The zero-order chi connectivity index (χ0) is 14.4. The second-order valence-electron chi connectivity index (χ2n) is 4.79. The molecule has 5 heteroatoms. The van der Waals surface area contributed by atoms with Gasteiger partial charge in [-0.3, -0.25) is 0 Å². The van der Waals surface area contributed by atoms with Crippen molar-refractivity contribution in [2.45, 2.75) is 32.0 Å². The molecule has 0 aliphatic carbocycles. The molecule has 20 heavy (non-hydrogen) atoms. The van der Waals surface area contributed by atoms with Gasteiger partial charge in [0, 0.05) is 23.7 Å². The number of aliphatic hydroxyl groups excluding tert-OH is 2.